The van der Waals surface area contributed by atoms with Crippen LogP contribution >= 0.6 is 23.1 Å². The van der Waals surface area contributed by atoms with Crippen molar-refractivity contribution >= 4 is 39.2 Å². The Hall–Kier alpha value is -1.92. The molecule has 0 radical (unpaired) electrons. The number of fused-ring (bicyclic) bond motifs is 3. The van der Waals surface area contributed by atoms with Crippen LogP contribution in [-0.2, 0) is 24.1 Å². The molecule has 3 aromatic rings. The van der Waals surface area contributed by atoms with E-state index in [-0.39, 0.29) is 5.91 Å². The van der Waals surface area contributed by atoms with Crippen molar-refractivity contribution in [3.8, 4) is 0 Å². The van der Waals surface area contributed by atoms with Crippen molar-refractivity contribution in [1.29, 1.82) is 0 Å². The molecule has 0 spiro atoms. The maximum Gasteiger partial charge on any atom is 0.230 e. The number of nitrogens with one attached hydrogen (secondary N) is 1. The number of amides is 1. The molecule has 140 valence electrons. The van der Waals surface area contributed by atoms with Gasteiger partial charge >= 0.3 is 0 Å². The van der Waals surface area contributed by atoms with Gasteiger partial charge in [0.25, 0.3) is 0 Å². The molecule has 0 aliphatic heterocycles. The highest BCUT2D eigenvalue weighted by atomic mass is 32.2. The smallest absolute Gasteiger partial charge is 0.230 e. The lowest BCUT2D eigenvalue weighted by Crippen LogP contribution is -2.27. The van der Waals surface area contributed by atoms with Gasteiger partial charge in [-0.1, -0.05) is 48.5 Å². The molecule has 2 heterocycles. The SMILES string of the molecule is O=C(CSc1ncnc2sc3c(c12)CCCCC3)NCCc1ccccc1. The quantitative estimate of drug-likeness (QED) is 0.380. The van der Waals surface area contributed by atoms with Crippen LogP contribution in [0.15, 0.2) is 41.7 Å². The number of carbonyl (C=O) groups excluding carboxylic acids is 1. The number of thioether (sulfide) groups is 1. The number of carbonyl (C=O) groups is 1. The number of hydrogen-bond donors (Lipinski definition) is 1. The summed E-state index contributed by atoms with van der Waals surface area (Å²) in [5.74, 6) is 0.454. The van der Waals surface area contributed by atoms with E-state index in [1.54, 1.807) is 6.33 Å². The second-order valence-electron chi connectivity index (χ2n) is 6.80. The molecule has 27 heavy (non-hydrogen) atoms. The van der Waals surface area contributed by atoms with Crippen LogP contribution in [0, 0.1) is 0 Å². The Morgan fingerprint density at radius 2 is 1.96 bits per heavy atom. The minimum atomic E-state index is 0.0593. The van der Waals surface area contributed by atoms with Crippen LogP contribution in [0.2, 0.25) is 0 Å². The third kappa shape index (κ3) is 4.50. The lowest BCUT2D eigenvalue weighted by molar-refractivity contribution is -0.118. The van der Waals surface area contributed by atoms with Crippen molar-refractivity contribution in [2.75, 3.05) is 12.3 Å². The predicted octanol–water partition coefficient (Wildman–Crippen LogP) is 4.41. The van der Waals surface area contributed by atoms with E-state index in [4.69, 9.17) is 0 Å². The summed E-state index contributed by atoms with van der Waals surface area (Å²) in [6, 6.07) is 10.2. The molecule has 0 atom stereocenters. The molecule has 4 nitrogen and oxygen atoms in total. The summed E-state index contributed by atoms with van der Waals surface area (Å²) in [4.78, 5) is 23.8. The predicted molar refractivity (Wildman–Crippen MR) is 113 cm³/mol. The van der Waals surface area contributed by atoms with Gasteiger partial charge in [-0.2, -0.15) is 0 Å². The van der Waals surface area contributed by atoms with Crippen LogP contribution in [0.4, 0.5) is 0 Å². The molecule has 0 saturated carbocycles. The Balaban J connectivity index is 1.38. The fraction of sp³-hybridized carbons (Fsp3) is 0.381. The molecule has 1 aromatic carbocycles. The first-order valence-corrected chi connectivity index (χ1v) is 11.3. The van der Waals surface area contributed by atoms with Gasteiger partial charge in [0, 0.05) is 16.8 Å². The minimum absolute atomic E-state index is 0.0593. The average molecular weight is 398 g/mol. The molecular formula is C21H23N3OS2. The van der Waals surface area contributed by atoms with E-state index in [2.05, 4.69) is 27.4 Å². The van der Waals surface area contributed by atoms with Gasteiger partial charge in [0.1, 0.15) is 16.2 Å². The lowest BCUT2D eigenvalue weighted by atomic mass is 10.1. The average Bonchev–Trinajstić information content (AvgIpc) is 2.89. The summed E-state index contributed by atoms with van der Waals surface area (Å²) in [6.07, 6.45) is 8.54. The number of hydrogen-bond acceptors (Lipinski definition) is 5. The van der Waals surface area contributed by atoms with E-state index in [1.165, 1.54) is 52.4 Å². The molecular weight excluding hydrogens is 374 g/mol. The first kappa shape index (κ1) is 18.4. The normalized spacial score (nSPS) is 13.9. The Morgan fingerprint density at radius 3 is 2.85 bits per heavy atom. The third-order valence-electron chi connectivity index (χ3n) is 4.89. The number of nitrogens with zero attached hydrogens (tertiary/aromatic N) is 2. The van der Waals surface area contributed by atoms with E-state index in [0.717, 1.165) is 29.1 Å². The largest absolute Gasteiger partial charge is 0.355 e. The number of aromatic nitrogens is 2. The third-order valence-corrected chi connectivity index (χ3v) is 7.07. The van der Waals surface area contributed by atoms with E-state index >= 15 is 0 Å². The minimum Gasteiger partial charge on any atom is -0.355 e. The second kappa shape index (κ2) is 8.85. The Kier molecular flexibility index (Phi) is 6.04. The van der Waals surface area contributed by atoms with Gasteiger partial charge in [-0.3, -0.25) is 4.79 Å². The van der Waals surface area contributed by atoms with Crippen LogP contribution in [0.1, 0.15) is 35.3 Å². The van der Waals surface area contributed by atoms with Crippen molar-refractivity contribution in [1.82, 2.24) is 15.3 Å². The van der Waals surface area contributed by atoms with Crippen LogP contribution < -0.4 is 5.32 Å². The molecule has 0 saturated heterocycles. The van der Waals surface area contributed by atoms with Crippen LogP contribution in [0.3, 0.4) is 0 Å². The molecule has 1 N–H and O–H groups in total. The van der Waals surface area contributed by atoms with Crippen molar-refractivity contribution in [3.63, 3.8) is 0 Å². The summed E-state index contributed by atoms with van der Waals surface area (Å²) in [7, 11) is 0. The van der Waals surface area contributed by atoms with E-state index < -0.39 is 0 Å². The van der Waals surface area contributed by atoms with E-state index in [0.29, 0.717) is 12.3 Å². The van der Waals surface area contributed by atoms with Crippen molar-refractivity contribution in [2.45, 2.75) is 43.6 Å². The van der Waals surface area contributed by atoms with Crippen molar-refractivity contribution < 1.29 is 4.79 Å². The van der Waals surface area contributed by atoms with Gasteiger partial charge < -0.3 is 5.32 Å². The Morgan fingerprint density at radius 1 is 1.11 bits per heavy atom. The van der Waals surface area contributed by atoms with Gasteiger partial charge in [0.15, 0.2) is 0 Å². The zero-order valence-electron chi connectivity index (χ0n) is 15.2. The van der Waals surface area contributed by atoms with Gasteiger partial charge in [0.05, 0.1) is 5.75 Å². The fourth-order valence-corrected chi connectivity index (χ4v) is 5.67. The van der Waals surface area contributed by atoms with Gasteiger partial charge in [0.2, 0.25) is 5.91 Å². The van der Waals surface area contributed by atoms with Crippen LogP contribution in [0.5, 0.6) is 0 Å². The van der Waals surface area contributed by atoms with Gasteiger partial charge in [-0.25, -0.2) is 9.97 Å². The molecule has 6 heteroatoms. The zero-order chi connectivity index (χ0) is 18.5. The highest BCUT2D eigenvalue weighted by Gasteiger charge is 2.19. The maximum atomic E-state index is 12.3. The Bertz CT molecular complexity index is 924. The number of rotatable bonds is 6. The second-order valence-corrected chi connectivity index (χ2v) is 8.85. The van der Waals surface area contributed by atoms with Crippen molar-refractivity contribution in [2.24, 2.45) is 0 Å². The zero-order valence-corrected chi connectivity index (χ0v) is 16.9. The lowest BCUT2D eigenvalue weighted by Gasteiger charge is -2.07. The fourth-order valence-electron chi connectivity index (χ4n) is 3.52. The molecule has 1 amide bonds. The monoisotopic (exact) mass is 397 g/mol. The summed E-state index contributed by atoms with van der Waals surface area (Å²) in [5.41, 5.74) is 2.67. The summed E-state index contributed by atoms with van der Waals surface area (Å²) in [6.45, 7) is 0.663. The maximum absolute atomic E-state index is 12.3. The molecule has 4 rings (SSSR count). The molecule has 2 aromatic heterocycles. The molecule has 0 fully saturated rings. The molecule has 1 aliphatic carbocycles. The van der Waals surface area contributed by atoms with Crippen LogP contribution in [-0.4, -0.2) is 28.2 Å². The standard InChI is InChI=1S/C21H23N3OS2/c25-18(22-12-11-15-7-3-1-4-8-15)13-26-20-19-16-9-5-2-6-10-17(16)27-21(19)24-14-23-20/h1,3-4,7-8,14H,2,5-6,9-13H2,(H,22,25). The number of aryl methyl sites for hydroxylation is 2. The molecule has 1 aliphatic rings. The van der Waals surface area contributed by atoms with E-state index in [1.807, 2.05) is 29.5 Å². The van der Waals surface area contributed by atoms with Gasteiger partial charge in [-0.15, -0.1) is 11.3 Å². The molecule has 0 bridgehead atoms. The molecule has 0 unspecified atom stereocenters. The highest BCUT2D eigenvalue weighted by molar-refractivity contribution is 8.00. The summed E-state index contributed by atoms with van der Waals surface area (Å²) >= 11 is 3.34. The summed E-state index contributed by atoms with van der Waals surface area (Å²) < 4.78 is 0. The first-order valence-electron chi connectivity index (χ1n) is 9.50. The van der Waals surface area contributed by atoms with Crippen molar-refractivity contribution in [3.05, 3.63) is 52.7 Å². The van der Waals surface area contributed by atoms with Crippen LogP contribution in [0.25, 0.3) is 10.2 Å². The highest BCUT2D eigenvalue weighted by Crippen LogP contribution is 2.38. The van der Waals surface area contributed by atoms with E-state index in [9.17, 15) is 4.79 Å². The number of thiophene rings is 1. The number of benzene rings is 1. The topological polar surface area (TPSA) is 54.9 Å². The van der Waals surface area contributed by atoms with Gasteiger partial charge in [-0.05, 0) is 43.2 Å². The first-order chi connectivity index (χ1) is 13.3. The summed E-state index contributed by atoms with van der Waals surface area (Å²) in [5, 5.41) is 5.17. The Labute approximate surface area is 167 Å².